The fourth-order valence-corrected chi connectivity index (χ4v) is 2.95. The van der Waals surface area contributed by atoms with Gasteiger partial charge in [0.2, 0.25) is 0 Å². The van der Waals surface area contributed by atoms with E-state index in [1.165, 1.54) is 19.3 Å². The highest BCUT2D eigenvalue weighted by molar-refractivity contribution is 6.28. The molecule has 3 unspecified atom stereocenters. The Morgan fingerprint density at radius 1 is 1.38 bits per heavy atom. The summed E-state index contributed by atoms with van der Waals surface area (Å²) in [5.74, 6) is 1.58. The lowest BCUT2D eigenvalue weighted by molar-refractivity contribution is 0.0923. The van der Waals surface area contributed by atoms with E-state index in [4.69, 9.17) is 20.8 Å². The van der Waals surface area contributed by atoms with E-state index < -0.39 is 0 Å². The molecule has 0 aromatic carbocycles. The summed E-state index contributed by atoms with van der Waals surface area (Å²) in [5.41, 5.74) is 0. The molecule has 2 aliphatic rings. The molecule has 2 bridgehead atoms. The van der Waals surface area contributed by atoms with E-state index in [2.05, 4.69) is 5.32 Å². The molecule has 0 spiro atoms. The molecule has 2 saturated heterocycles. The summed E-state index contributed by atoms with van der Waals surface area (Å²) in [6.07, 6.45) is 4.75. The van der Waals surface area contributed by atoms with E-state index in [0.717, 1.165) is 18.8 Å². The lowest BCUT2D eigenvalue weighted by Crippen LogP contribution is -2.29. The highest BCUT2D eigenvalue weighted by Gasteiger charge is 2.40. The molecule has 1 N–H and O–H groups in total. The Labute approximate surface area is 100 Å². The number of halogens is 1. The van der Waals surface area contributed by atoms with Gasteiger partial charge in [-0.05, 0) is 43.0 Å². The highest BCUT2D eigenvalue weighted by atomic mass is 35.5. The Bertz CT molecular complexity index is 366. The predicted octanol–water partition coefficient (Wildman–Crippen LogP) is 2.59. The monoisotopic (exact) mass is 241 g/mol. The van der Waals surface area contributed by atoms with Crippen molar-refractivity contribution < 1.29 is 9.15 Å². The first-order valence-corrected chi connectivity index (χ1v) is 6.29. The predicted molar refractivity (Wildman–Crippen MR) is 61.4 cm³/mol. The van der Waals surface area contributed by atoms with Crippen LogP contribution in [-0.4, -0.2) is 18.8 Å². The first-order chi connectivity index (χ1) is 7.81. The maximum absolute atomic E-state index is 5.81. The van der Waals surface area contributed by atoms with Gasteiger partial charge < -0.3 is 14.5 Å². The van der Waals surface area contributed by atoms with Crippen molar-refractivity contribution in [3.05, 3.63) is 23.1 Å². The third-order valence-corrected chi connectivity index (χ3v) is 3.77. The minimum atomic E-state index is 0.458. The van der Waals surface area contributed by atoms with Gasteiger partial charge in [-0.15, -0.1) is 0 Å². The fraction of sp³-hybridized carbons (Fsp3) is 0.667. The number of fused-ring (bicyclic) bond motifs is 2. The Hall–Kier alpha value is -0.510. The molecule has 2 fully saturated rings. The maximum atomic E-state index is 5.81. The van der Waals surface area contributed by atoms with Crippen LogP contribution in [0.3, 0.4) is 0 Å². The molecule has 0 aliphatic carbocycles. The smallest absolute Gasteiger partial charge is 0.193 e. The van der Waals surface area contributed by atoms with Crippen LogP contribution in [0.5, 0.6) is 0 Å². The average Bonchev–Trinajstić information content (AvgIpc) is 2.94. The van der Waals surface area contributed by atoms with E-state index in [9.17, 15) is 0 Å². The van der Waals surface area contributed by atoms with Crippen molar-refractivity contribution in [2.45, 2.75) is 38.0 Å². The van der Waals surface area contributed by atoms with Gasteiger partial charge >= 0.3 is 0 Å². The number of furan rings is 1. The Balaban J connectivity index is 1.44. The molecule has 16 heavy (non-hydrogen) atoms. The van der Waals surface area contributed by atoms with Gasteiger partial charge in [-0.2, -0.15) is 0 Å². The molecule has 0 saturated carbocycles. The number of hydrogen-bond donors (Lipinski definition) is 1. The van der Waals surface area contributed by atoms with E-state index in [0.29, 0.717) is 23.3 Å². The number of nitrogens with one attached hydrogen (secondary N) is 1. The van der Waals surface area contributed by atoms with Crippen LogP contribution >= 0.6 is 11.6 Å². The molecule has 4 heteroatoms. The fourth-order valence-electron chi connectivity index (χ4n) is 2.79. The second kappa shape index (κ2) is 4.40. The molecule has 0 radical (unpaired) electrons. The van der Waals surface area contributed by atoms with Gasteiger partial charge in [-0.25, -0.2) is 0 Å². The molecule has 2 aliphatic heterocycles. The summed E-state index contributed by atoms with van der Waals surface area (Å²) < 4.78 is 11.1. The topological polar surface area (TPSA) is 34.4 Å². The Morgan fingerprint density at radius 3 is 2.94 bits per heavy atom. The summed E-state index contributed by atoms with van der Waals surface area (Å²) in [7, 11) is 0. The van der Waals surface area contributed by atoms with E-state index >= 15 is 0 Å². The normalized spacial score (nSPS) is 32.4. The van der Waals surface area contributed by atoms with Gasteiger partial charge in [0.25, 0.3) is 0 Å². The van der Waals surface area contributed by atoms with Crippen LogP contribution in [0.1, 0.15) is 25.0 Å². The van der Waals surface area contributed by atoms with E-state index in [-0.39, 0.29) is 0 Å². The van der Waals surface area contributed by atoms with Crippen LogP contribution in [0.2, 0.25) is 5.22 Å². The van der Waals surface area contributed by atoms with Crippen LogP contribution in [0.25, 0.3) is 0 Å². The lowest BCUT2D eigenvalue weighted by atomic mass is 9.89. The van der Waals surface area contributed by atoms with E-state index in [1.54, 1.807) is 6.07 Å². The van der Waals surface area contributed by atoms with Gasteiger partial charge in [-0.1, -0.05) is 0 Å². The average molecular weight is 242 g/mol. The van der Waals surface area contributed by atoms with Gasteiger partial charge in [0.05, 0.1) is 18.8 Å². The van der Waals surface area contributed by atoms with Gasteiger partial charge in [0.1, 0.15) is 5.76 Å². The van der Waals surface area contributed by atoms with Crippen molar-refractivity contribution in [2.24, 2.45) is 5.92 Å². The third-order valence-electron chi connectivity index (χ3n) is 3.57. The third kappa shape index (κ3) is 2.12. The first-order valence-electron chi connectivity index (χ1n) is 5.91. The summed E-state index contributed by atoms with van der Waals surface area (Å²) in [6.45, 7) is 1.76. The van der Waals surface area contributed by atoms with Crippen molar-refractivity contribution in [2.75, 3.05) is 6.54 Å². The molecule has 3 atom stereocenters. The molecule has 0 amide bonds. The minimum Gasteiger partial charge on any atom is -0.448 e. The van der Waals surface area contributed by atoms with Gasteiger partial charge in [-0.3, -0.25) is 0 Å². The number of ether oxygens (including phenoxy) is 1. The Kier molecular flexibility index (Phi) is 2.92. The van der Waals surface area contributed by atoms with Crippen molar-refractivity contribution in [1.29, 1.82) is 0 Å². The number of rotatable bonds is 4. The van der Waals surface area contributed by atoms with Crippen LogP contribution in [0.15, 0.2) is 16.5 Å². The zero-order valence-corrected chi connectivity index (χ0v) is 9.87. The van der Waals surface area contributed by atoms with Gasteiger partial charge in [0.15, 0.2) is 5.22 Å². The molecule has 3 heterocycles. The minimum absolute atomic E-state index is 0.458. The van der Waals surface area contributed by atoms with Gasteiger partial charge in [0, 0.05) is 12.5 Å². The zero-order chi connectivity index (χ0) is 11.0. The van der Waals surface area contributed by atoms with Crippen LogP contribution in [0, 0.1) is 5.92 Å². The summed E-state index contributed by atoms with van der Waals surface area (Å²) in [6, 6.07) is 3.69. The van der Waals surface area contributed by atoms with Crippen molar-refractivity contribution >= 4 is 11.6 Å². The molecule has 1 aromatic heterocycles. The standard InChI is InChI=1S/C12H16ClNO2/c13-12-4-2-10(16-12)7-14-6-8-5-9-1-3-11(8)15-9/h2,4,8-9,11,14H,1,3,5-7H2. The second-order valence-electron chi connectivity index (χ2n) is 4.71. The molecule has 88 valence electrons. The lowest BCUT2D eigenvalue weighted by Gasteiger charge is -2.18. The SMILES string of the molecule is Clc1ccc(CNCC2CC3CCC2O3)o1. The summed E-state index contributed by atoms with van der Waals surface area (Å²) >= 11 is 5.70. The Morgan fingerprint density at radius 2 is 2.31 bits per heavy atom. The highest BCUT2D eigenvalue weighted by Crippen LogP contribution is 2.38. The molecule has 1 aromatic rings. The number of hydrogen-bond acceptors (Lipinski definition) is 3. The quantitative estimate of drug-likeness (QED) is 0.880. The van der Waals surface area contributed by atoms with Crippen LogP contribution < -0.4 is 5.32 Å². The molecule has 3 rings (SSSR count). The maximum Gasteiger partial charge on any atom is 0.193 e. The molecular weight excluding hydrogens is 226 g/mol. The molecule has 3 nitrogen and oxygen atoms in total. The zero-order valence-electron chi connectivity index (χ0n) is 9.12. The van der Waals surface area contributed by atoms with Crippen molar-refractivity contribution in [3.8, 4) is 0 Å². The van der Waals surface area contributed by atoms with Crippen LogP contribution in [-0.2, 0) is 11.3 Å². The first kappa shape index (κ1) is 10.6. The van der Waals surface area contributed by atoms with Crippen molar-refractivity contribution in [1.82, 2.24) is 5.32 Å². The largest absolute Gasteiger partial charge is 0.448 e. The second-order valence-corrected chi connectivity index (χ2v) is 5.08. The summed E-state index contributed by atoms with van der Waals surface area (Å²) in [5, 5.41) is 3.87. The van der Waals surface area contributed by atoms with E-state index in [1.807, 2.05) is 6.07 Å². The molecular formula is C12H16ClNO2. The van der Waals surface area contributed by atoms with Crippen LogP contribution in [0.4, 0.5) is 0 Å². The van der Waals surface area contributed by atoms with Crippen molar-refractivity contribution in [3.63, 3.8) is 0 Å². The summed E-state index contributed by atoms with van der Waals surface area (Å²) in [4.78, 5) is 0.